The van der Waals surface area contributed by atoms with Gasteiger partial charge in [0.25, 0.3) is 0 Å². The highest BCUT2D eigenvalue weighted by Gasteiger charge is 2.41. The van der Waals surface area contributed by atoms with Crippen LogP contribution in [0.4, 0.5) is 0 Å². The topological polar surface area (TPSA) is 55.4 Å². The van der Waals surface area contributed by atoms with Gasteiger partial charge in [-0.05, 0) is 114 Å². The fraction of sp³-hybridized carbons (Fsp3) is 0.486. The van der Waals surface area contributed by atoms with E-state index in [0.717, 1.165) is 90.4 Å². The average molecular weight is 664 g/mol. The van der Waals surface area contributed by atoms with Gasteiger partial charge in [-0.1, -0.05) is 37.1 Å². The van der Waals surface area contributed by atoms with Crippen molar-refractivity contribution in [3.8, 4) is 23.0 Å². The molecule has 246 valence electrons. The number of rotatable bonds is 9. The van der Waals surface area contributed by atoms with Crippen LogP contribution in [-0.2, 0) is 19.4 Å². The Hall–Kier alpha value is -3.20. The van der Waals surface area contributed by atoms with Crippen molar-refractivity contribution in [3.63, 3.8) is 0 Å². The number of thiocarbonyl (C=S) groups is 1. The van der Waals surface area contributed by atoms with Crippen molar-refractivity contribution in [1.29, 1.82) is 0 Å². The molecule has 46 heavy (non-hydrogen) atoms. The summed E-state index contributed by atoms with van der Waals surface area (Å²) in [6.07, 6.45) is 5.18. The summed E-state index contributed by atoms with van der Waals surface area (Å²) < 4.78 is 22.9. The highest BCUT2D eigenvalue weighted by Crippen LogP contribution is 2.49. The lowest BCUT2D eigenvalue weighted by Gasteiger charge is -2.49. The van der Waals surface area contributed by atoms with E-state index in [1.165, 1.54) is 22.3 Å². The van der Waals surface area contributed by atoms with Gasteiger partial charge >= 0.3 is 0 Å². The van der Waals surface area contributed by atoms with Gasteiger partial charge < -0.3 is 29.2 Å². The lowest BCUT2D eigenvalue weighted by atomic mass is 9.72. The van der Waals surface area contributed by atoms with Crippen LogP contribution >= 0.6 is 23.8 Å². The number of benzene rings is 3. The number of methoxy groups -OCH3 is 4. The van der Waals surface area contributed by atoms with Crippen molar-refractivity contribution in [2.45, 2.75) is 57.7 Å². The maximum Gasteiger partial charge on any atom is 0.169 e. The Kier molecular flexibility index (Phi) is 10.2. The fourth-order valence-corrected chi connectivity index (χ4v) is 8.37. The van der Waals surface area contributed by atoms with Crippen LogP contribution in [0.3, 0.4) is 0 Å². The molecule has 4 unspecified atom stereocenters. The molecular weight excluding hydrogens is 618 g/mol. The summed E-state index contributed by atoms with van der Waals surface area (Å²) in [4.78, 5) is 5.12. The number of piperidine rings is 1. The van der Waals surface area contributed by atoms with Crippen LogP contribution < -0.4 is 24.3 Å². The Morgan fingerprint density at radius 2 is 1.41 bits per heavy atom. The molecule has 0 amide bonds. The van der Waals surface area contributed by atoms with Crippen LogP contribution in [0.1, 0.15) is 66.1 Å². The van der Waals surface area contributed by atoms with E-state index in [0.29, 0.717) is 24.4 Å². The lowest BCUT2D eigenvalue weighted by Crippen LogP contribution is -2.49. The summed E-state index contributed by atoms with van der Waals surface area (Å²) >= 11 is 12.3. The van der Waals surface area contributed by atoms with Gasteiger partial charge in [0.1, 0.15) is 0 Å². The third-order valence-corrected chi connectivity index (χ3v) is 11.1. The predicted octanol–water partition coefficient (Wildman–Crippen LogP) is 7.38. The Morgan fingerprint density at radius 3 is 2.04 bits per heavy atom. The van der Waals surface area contributed by atoms with Gasteiger partial charge in [-0.2, -0.15) is 0 Å². The molecule has 6 rings (SSSR count). The summed E-state index contributed by atoms with van der Waals surface area (Å²) in [5.41, 5.74) is 6.50. The number of hydrogen-bond acceptors (Lipinski definition) is 6. The van der Waals surface area contributed by atoms with Crippen LogP contribution in [0.15, 0.2) is 48.5 Å². The molecule has 4 atom stereocenters. The Morgan fingerprint density at radius 1 is 0.826 bits per heavy atom. The molecule has 1 saturated heterocycles. The number of hydrogen-bond donors (Lipinski definition) is 1. The van der Waals surface area contributed by atoms with E-state index >= 15 is 0 Å². The zero-order valence-electron chi connectivity index (χ0n) is 27.6. The molecule has 7 nitrogen and oxygen atoms in total. The van der Waals surface area contributed by atoms with Crippen LogP contribution in [0.2, 0.25) is 5.02 Å². The highest BCUT2D eigenvalue weighted by atomic mass is 35.5. The Labute approximate surface area is 284 Å². The van der Waals surface area contributed by atoms with Gasteiger partial charge in [0.15, 0.2) is 28.1 Å². The molecule has 0 spiro atoms. The maximum absolute atomic E-state index is 6.14. The van der Waals surface area contributed by atoms with Crippen molar-refractivity contribution in [2.75, 3.05) is 48.1 Å². The normalized spacial score (nSPS) is 22.3. The number of halogens is 1. The van der Waals surface area contributed by atoms with Crippen molar-refractivity contribution in [1.82, 2.24) is 15.1 Å². The van der Waals surface area contributed by atoms with E-state index in [9.17, 15) is 0 Å². The van der Waals surface area contributed by atoms with Gasteiger partial charge in [0.2, 0.25) is 0 Å². The van der Waals surface area contributed by atoms with Crippen molar-refractivity contribution in [3.05, 3.63) is 81.4 Å². The third kappa shape index (κ3) is 6.49. The van der Waals surface area contributed by atoms with Crippen LogP contribution in [0.25, 0.3) is 0 Å². The summed E-state index contributed by atoms with van der Waals surface area (Å²) in [7, 11) is 6.86. The maximum atomic E-state index is 6.14. The van der Waals surface area contributed by atoms with Crippen LogP contribution in [0, 0.1) is 11.8 Å². The van der Waals surface area contributed by atoms with E-state index < -0.39 is 0 Å². The van der Waals surface area contributed by atoms with E-state index in [1.54, 1.807) is 28.4 Å². The van der Waals surface area contributed by atoms with E-state index in [-0.39, 0.29) is 6.04 Å². The minimum absolute atomic E-state index is 0.118. The summed E-state index contributed by atoms with van der Waals surface area (Å²) in [5, 5.41) is 5.09. The fourth-order valence-electron chi connectivity index (χ4n) is 7.95. The van der Waals surface area contributed by atoms with E-state index in [1.807, 2.05) is 24.3 Å². The average Bonchev–Trinajstić information content (AvgIpc) is 3.09. The lowest BCUT2D eigenvalue weighted by molar-refractivity contribution is 0.0376. The molecule has 0 radical (unpaired) electrons. The first-order valence-corrected chi connectivity index (χ1v) is 17.2. The molecule has 1 N–H and O–H groups in total. The molecule has 3 aromatic carbocycles. The van der Waals surface area contributed by atoms with Crippen molar-refractivity contribution in [2.24, 2.45) is 11.8 Å². The quantitative estimate of drug-likeness (QED) is 0.238. The second-order valence-electron chi connectivity index (χ2n) is 12.7. The molecule has 0 saturated carbocycles. The smallest absolute Gasteiger partial charge is 0.169 e. The predicted molar refractivity (Wildman–Crippen MR) is 188 cm³/mol. The molecule has 3 aliphatic rings. The monoisotopic (exact) mass is 663 g/mol. The molecule has 0 aromatic heterocycles. The Balaban J connectivity index is 1.32. The molecule has 3 aliphatic heterocycles. The largest absolute Gasteiger partial charge is 0.493 e. The van der Waals surface area contributed by atoms with Gasteiger partial charge in [0, 0.05) is 37.2 Å². The minimum atomic E-state index is 0.118. The van der Waals surface area contributed by atoms with Crippen LogP contribution in [0.5, 0.6) is 23.0 Å². The Bertz CT molecular complexity index is 1550. The number of fused-ring (bicyclic) bond motifs is 4. The first kappa shape index (κ1) is 32.7. The number of nitrogens with one attached hydrogen (secondary N) is 1. The van der Waals surface area contributed by atoms with Gasteiger partial charge in [0.05, 0.1) is 34.5 Å². The first-order valence-electron chi connectivity index (χ1n) is 16.4. The SMILES string of the molecule is CCC1CN2CCc3cc(OC)c(OC)cc3C2CC1CC1c2cc(OC)c(OC)cc2CCN1C(=S)NCc1ccc(Cl)cc1. The number of nitrogens with zero attached hydrogens (tertiary/aromatic N) is 2. The van der Waals surface area contributed by atoms with Crippen molar-refractivity contribution < 1.29 is 18.9 Å². The molecule has 0 aliphatic carbocycles. The zero-order chi connectivity index (χ0) is 32.4. The van der Waals surface area contributed by atoms with E-state index in [4.69, 9.17) is 42.8 Å². The molecule has 3 heterocycles. The molecule has 3 aromatic rings. The molecule has 0 bridgehead atoms. The third-order valence-electron chi connectivity index (χ3n) is 10.4. The van der Waals surface area contributed by atoms with Crippen LogP contribution in [-0.4, -0.2) is 63.0 Å². The first-order chi connectivity index (χ1) is 22.4. The number of ether oxygens (including phenoxy) is 4. The molecule has 1 fully saturated rings. The summed E-state index contributed by atoms with van der Waals surface area (Å²) in [5.74, 6) is 4.27. The van der Waals surface area contributed by atoms with E-state index in [2.05, 4.69) is 46.3 Å². The summed E-state index contributed by atoms with van der Waals surface area (Å²) in [6, 6.07) is 17.2. The minimum Gasteiger partial charge on any atom is -0.493 e. The van der Waals surface area contributed by atoms with Gasteiger partial charge in [-0.15, -0.1) is 0 Å². The van der Waals surface area contributed by atoms with Crippen molar-refractivity contribution >= 4 is 28.9 Å². The molecule has 9 heteroatoms. The van der Waals surface area contributed by atoms with Gasteiger partial charge in [-0.25, -0.2) is 0 Å². The zero-order valence-corrected chi connectivity index (χ0v) is 29.2. The molecular formula is C37H46ClN3O4S. The highest BCUT2D eigenvalue weighted by molar-refractivity contribution is 7.80. The summed E-state index contributed by atoms with van der Waals surface area (Å²) in [6.45, 7) is 6.02. The van der Waals surface area contributed by atoms with Gasteiger partial charge in [-0.3, -0.25) is 4.90 Å². The second kappa shape index (κ2) is 14.3. The second-order valence-corrected chi connectivity index (χ2v) is 13.5. The standard InChI is InChI=1S/C37H46ClN3O4S/c1-6-24-22-40-13-11-25-17-33(42-2)35(44-4)19-29(25)31(40)15-27(24)16-32-30-20-36(45-5)34(43-3)18-26(30)12-14-41(32)37(46)39-21-23-7-9-28(38)10-8-23/h7-10,17-20,24,27,31-32H,6,11-16,21-22H2,1-5H3,(H,39,46).